The Bertz CT molecular complexity index is 358. The van der Waals surface area contributed by atoms with Crippen molar-refractivity contribution in [1.82, 2.24) is 0 Å². The van der Waals surface area contributed by atoms with E-state index in [1.807, 2.05) is 0 Å². The van der Waals surface area contributed by atoms with E-state index in [1.54, 1.807) is 31.2 Å². The first-order valence-corrected chi connectivity index (χ1v) is 4.54. The molecule has 1 aromatic carbocycles. The highest BCUT2D eigenvalue weighted by Crippen LogP contribution is 2.13. The first-order valence-electron chi connectivity index (χ1n) is 4.54. The number of rotatable bonds is 4. The Morgan fingerprint density at radius 3 is 2.50 bits per heavy atom. The molecule has 1 rings (SSSR count). The largest absolute Gasteiger partial charge is 0.398 e. The molecule has 0 saturated carbocycles. The van der Waals surface area contributed by atoms with Crippen LogP contribution in [0.25, 0.3) is 0 Å². The molecule has 1 aromatic rings. The smallest absolute Gasteiger partial charge is 0.172 e. The monoisotopic (exact) mass is 191 g/mol. The van der Waals surface area contributed by atoms with E-state index in [9.17, 15) is 9.59 Å². The molecule has 0 fully saturated rings. The van der Waals surface area contributed by atoms with Crippen molar-refractivity contribution in [2.45, 2.75) is 19.8 Å². The average molecular weight is 191 g/mol. The highest BCUT2D eigenvalue weighted by Gasteiger charge is 2.12. The third kappa shape index (κ3) is 2.42. The molecule has 0 saturated heterocycles. The van der Waals surface area contributed by atoms with Gasteiger partial charge in [-0.05, 0) is 12.1 Å². The predicted molar refractivity (Wildman–Crippen MR) is 55.1 cm³/mol. The van der Waals surface area contributed by atoms with E-state index in [4.69, 9.17) is 5.73 Å². The minimum absolute atomic E-state index is 0.0509. The van der Waals surface area contributed by atoms with E-state index in [-0.39, 0.29) is 18.0 Å². The first-order chi connectivity index (χ1) is 6.65. The van der Waals surface area contributed by atoms with Crippen LogP contribution in [0.5, 0.6) is 0 Å². The third-order valence-electron chi connectivity index (χ3n) is 2.01. The molecule has 0 aliphatic carbocycles. The lowest BCUT2D eigenvalue weighted by Crippen LogP contribution is -2.09. The van der Waals surface area contributed by atoms with Gasteiger partial charge in [-0.2, -0.15) is 0 Å². The number of ketones is 2. The summed E-state index contributed by atoms with van der Waals surface area (Å²) < 4.78 is 0. The fourth-order valence-electron chi connectivity index (χ4n) is 1.15. The van der Waals surface area contributed by atoms with Crippen LogP contribution in [0.2, 0.25) is 0 Å². The Kier molecular flexibility index (Phi) is 3.40. The van der Waals surface area contributed by atoms with Crippen molar-refractivity contribution in [3.63, 3.8) is 0 Å². The van der Waals surface area contributed by atoms with Crippen molar-refractivity contribution >= 4 is 17.3 Å². The van der Waals surface area contributed by atoms with Crippen LogP contribution in [0.4, 0.5) is 5.69 Å². The number of carbonyl (C=O) groups is 2. The van der Waals surface area contributed by atoms with Crippen molar-refractivity contribution in [2.75, 3.05) is 5.73 Å². The van der Waals surface area contributed by atoms with Gasteiger partial charge in [0.05, 0.1) is 6.42 Å². The molecule has 0 unspecified atom stereocenters. The third-order valence-corrected chi connectivity index (χ3v) is 2.01. The van der Waals surface area contributed by atoms with Crippen LogP contribution in [0.3, 0.4) is 0 Å². The summed E-state index contributed by atoms with van der Waals surface area (Å²) >= 11 is 0. The number of Topliss-reactive ketones (excluding diaryl/α,β-unsaturated/α-hetero) is 2. The second-order valence-electron chi connectivity index (χ2n) is 3.08. The first kappa shape index (κ1) is 10.4. The number of anilines is 1. The number of benzene rings is 1. The van der Waals surface area contributed by atoms with Crippen molar-refractivity contribution in [3.8, 4) is 0 Å². The lowest BCUT2D eigenvalue weighted by atomic mass is 10.0. The number of nitrogen functional groups attached to an aromatic ring is 1. The van der Waals surface area contributed by atoms with Gasteiger partial charge in [-0.25, -0.2) is 0 Å². The minimum atomic E-state index is -0.199. The zero-order valence-electron chi connectivity index (χ0n) is 8.12. The van der Waals surface area contributed by atoms with Gasteiger partial charge < -0.3 is 5.73 Å². The van der Waals surface area contributed by atoms with E-state index in [0.717, 1.165) is 0 Å². The standard InChI is InChI=1S/C11H13NO2/c1-2-8(13)7-11(14)9-5-3-4-6-10(9)12/h3-6H,2,7,12H2,1H3. The molecule has 0 radical (unpaired) electrons. The number of nitrogens with two attached hydrogens (primary N) is 1. The summed E-state index contributed by atoms with van der Waals surface area (Å²) in [6.07, 6.45) is 0.336. The Morgan fingerprint density at radius 2 is 1.93 bits per heavy atom. The average Bonchev–Trinajstić information content (AvgIpc) is 2.18. The molecule has 0 aliphatic heterocycles. The zero-order chi connectivity index (χ0) is 10.6. The number of hydrogen-bond donors (Lipinski definition) is 1. The molecule has 0 atom stereocenters. The van der Waals surface area contributed by atoms with Gasteiger partial charge in [0.25, 0.3) is 0 Å². The van der Waals surface area contributed by atoms with Gasteiger partial charge in [-0.15, -0.1) is 0 Å². The molecular weight excluding hydrogens is 178 g/mol. The summed E-state index contributed by atoms with van der Waals surface area (Å²) in [7, 11) is 0. The normalized spacial score (nSPS) is 9.79. The number of hydrogen-bond acceptors (Lipinski definition) is 3. The SMILES string of the molecule is CCC(=O)CC(=O)c1ccccc1N. The van der Waals surface area contributed by atoms with Gasteiger partial charge in [-0.1, -0.05) is 19.1 Å². The molecule has 0 bridgehead atoms. The molecule has 3 nitrogen and oxygen atoms in total. The molecular formula is C11H13NO2. The van der Waals surface area contributed by atoms with Gasteiger partial charge in [0.2, 0.25) is 0 Å². The summed E-state index contributed by atoms with van der Waals surface area (Å²) in [6.45, 7) is 1.74. The van der Waals surface area contributed by atoms with Crippen LogP contribution in [0.1, 0.15) is 30.1 Å². The van der Waals surface area contributed by atoms with Gasteiger partial charge in [0.15, 0.2) is 5.78 Å². The number of carbonyl (C=O) groups excluding carboxylic acids is 2. The Morgan fingerprint density at radius 1 is 1.29 bits per heavy atom. The Labute approximate surface area is 82.9 Å². The maximum Gasteiger partial charge on any atom is 0.172 e. The van der Waals surface area contributed by atoms with E-state index >= 15 is 0 Å². The van der Waals surface area contributed by atoms with Gasteiger partial charge in [0, 0.05) is 17.7 Å². The minimum Gasteiger partial charge on any atom is -0.398 e. The van der Waals surface area contributed by atoms with Crippen molar-refractivity contribution in [1.29, 1.82) is 0 Å². The van der Waals surface area contributed by atoms with E-state index < -0.39 is 0 Å². The predicted octanol–water partition coefficient (Wildman–Crippen LogP) is 1.82. The van der Waals surface area contributed by atoms with Gasteiger partial charge >= 0.3 is 0 Å². The lowest BCUT2D eigenvalue weighted by molar-refractivity contribution is -0.117. The van der Waals surface area contributed by atoms with Crippen molar-refractivity contribution in [3.05, 3.63) is 29.8 Å². The van der Waals surface area contributed by atoms with Crippen LogP contribution < -0.4 is 5.73 Å². The van der Waals surface area contributed by atoms with Gasteiger partial charge in [-0.3, -0.25) is 9.59 Å². The van der Waals surface area contributed by atoms with Crippen LogP contribution in [-0.2, 0) is 4.79 Å². The summed E-state index contributed by atoms with van der Waals surface area (Å²) in [4.78, 5) is 22.6. The molecule has 0 spiro atoms. The van der Waals surface area contributed by atoms with Crippen LogP contribution in [0, 0.1) is 0 Å². The fraction of sp³-hybridized carbons (Fsp3) is 0.273. The maximum atomic E-state index is 11.5. The van der Waals surface area contributed by atoms with Crippen molar-refractivity contribution in [2.24, 2.45) is 0 Å². The summed E-state index contributed by atoms with van der Waals surface area (Å²) in [5.41, 5.74) is 6.48. The highest BCUT2D eigenvalue weighted by atomic mass is 16.1. The molecule has 0 heterocycles. The zero-order valence-corrected chi connectivity index (χ0v) is 8.12. The molecule has 3 heteroatoms. The second kappa shape index (κ2) is 4.56. The molecule has 0 aliphatic rings. The molecule has 2 N–H and O–H groups in total. The lowest BCUT2D eigenvalue weighted by Gasteiger charge is -2.02. The Hall–Kier alpha value is -1.64. The van der Waals surface area contributed by atoms with Crippen LogP contribution in [-0.4, -0.2) is 11.6 Å². The molecule has 0 aromatic heterocycles. The summed E-state index contributed by atoms with van der Waals surface area (Å²) in [5.74, 6) is -0.256. The van der Waals surface area contributed by atoms with Crippen molar-refractivity contribution < 1.29 is 9.59 Å². The molecule has 74 valence electrons. The van der Waals surface area contributed by atoms with Crippen LogP contribution in [0.15, 0.2) is 24.3 Å². The summed E-state index contributed by atoms with van der Waals surface area (Å²) in [5, 5.41) is 0. The quantitative estimate of drug-likeness (QED) is 0.448. The molecule has 0 amide bonds. The number of para-hydroxylation sites is 1. The highest BCUT2D eigenvalue weighted by molar-refractivity contribution is 6.10. The van der Waals surface area contributed by atoms with E-state index in [0.29, 0.717) is 17.7 Å². The van der Waals surface area contributed by atoms with E-state index in [2.05, 4.69) is 0 Å². The van der Waals surface area contributed by atoms with E-state index in [1.165, 1.54) is 0 Å². The fourth-order valence-corrected chi connectivity index (χ4v) is 1.15. The maximum absolute atomic E-state index is 11.5. The summed E-state index contributed by atoms with van der Waals surface area (Å²) in [6, 6.07) is 6.79. The Balaban J connectivity index is 2.80. The van der Waals surface area contributed by atoms with Gasteiger partial charge in [0.1, 0.15) is 5.78 Å². The molecule has 14 heavy (non-hydrogen) atoms. The van der Waals surface area contributed by atoms with Crippen LogP contribution >= 0.6 is 0 Å². The topological polar surface area (TPSA) is 60.2 Å². The second-order valence-corrected chi connectivity index (χ2v) is 3.08.